The smallest absolute Gasteiger partial charge is 0.344 e. The molecule has 0 aromatic heterocycles. The summed E-state index contributed by atoms with van der Waals surface area (Å²) in [6.07, 6.45) is 20.4. The van der Waals surface area contributed by atoms with Gasteiger partial charge in [-0.2, -0.15) is 0 Å². The number of carbonyl (C=O) groups excluding carboxylic acids is 7. The molecule has 90 heavy (non-hydrogen) atoms. The van der Waals surface area contributed by atoms with E-state index in [2.05, 4.69) is 6.92 Å². The summed E-state index contributed by atoms with van der Waals surface area (Å²) in [6.45, 7) is 0.608. The molecule has 0 radical (unpaired) electrons. The van der Waals surface area contributed by atoms with Crippen molar-refractivity contribution in [2.75, 3.05) is 53.0 Å². The van der Waals surface area contributed by atoms with Gasteiger partial charge in [0.05, 0.1) is 59.9 Å². The highest BCUT2D eigenvalue weighted by Crippen LogP contribution is 2.65. The highest BCUT2D eigenvalue weighted by Gasteiger charge is 2.64. The standard InChI is InChI=1S/C70H98O20/c1-66(48-12-36-9-37(14-48)15-49(66)13-36)52(90-80)27-82-61(74)55-42-3-5-44(20-42)57(55)63(76)85-33-68(31-71,32-81-35-87-60-47-8-7-46(22-47)59(60)65(78)84-29-54(73)89-70-25-40-11-41(26-70)24-69(79,23-40)30-70)34-86-64(77)58-45-6-4-43(21-45)56(58)62(75)83-28-53(72)88-67(2)50-16-38-10-39(18-50)19-51(67)17-38/h36-52,55-60,71,79-80H,3-35H2,1-2H3. The van der Waals surface area contributed by atoms with Crippen molar-refractivity contribution in [1.29, 1.82) is 0 Å². The summed E-state index contributed by atoms with van der Waals surface area (Å²) < 4.78 is 54.7. The molecule has 498 valence electrons. The maximum absolute atomic E-state index is 14.7. The van der Waals surface area contributed by atoms with E-state index in [1.54, 1.807) is 0 Å². The SMILES string of the molecule is CC1(OC(=O)COC(=O)C2C3CCC(C3)C2C(=O)OCC(CO)(COCOC2C3CCC(C3)C2C(=O)OCC(=O)OC23CC4CC(CC(O)(C4)C2)C3)COC(=O)C2C3CCC(C3)C2C(=O)OCC(OO)C2(C)C3CC4CC(C3)CC2C4)C2CC3CC(C2)CC1C3. The van der Waals surface area contributed by atoms with Crippen molar-refractivity contribution in [3.05, 3.63) is 0 Å². The van der Waals surface area contributed by atoms with E-state index in [0.717, 1.165) is 96.3 Å². The van der Waals surface area contributed by atoms with Gasteiger partial charge in [-0.15, -0.1) is 0 Å². The maximum Gasteiger partial charge on any atom is 0.344 e. The topological polar surface area (TPSA) is 272 Å². The van der Waals surface area contributed by atoms with Crippen LogP contribution in [0.2, 0.25) is 0 Å². The minimum absolute atomic E-state index is 0.0154. The fourth-order valence-electron chi connectivity index (χ4n) is 24.9. The van der Waals surface area contributed by atoms with E-state index in [1.807, 2.05) is 6.92 Å². The number of hydrogen-bond donors (Lipinski definition) is 3. The number of esters is 7. The van der Waals surface area contributed by atoms with Gasteiger partial charge in [-0.1, -0.05) is 6.92 Å². The first kappa shape index (κ1) is 62.2. The van der Waals surface area contributed by atoms with E-state index >= 15 is 0 Å². The molecule has 0 aromatic carbocycles. The second kappa shape index (κ2) is 23.8. The molecular formula is C70H98O20. The van der Waals surface area contributed by atoms with Crippen LogP contribution in [0.15, 0.2) is 0 Å². The van der Waals surface area contributed by atoms with Crippen molar-refractivity contribution in [3.63, 3.8) is 0 Å². The van der Waals surface area contributed by atoms with E-state index in [1.165, 1.54) is 12.8 Å². The molecule has 18 bridgehead atoms. The normalized spacial score (nSPS) is 47.1. The first-order valence-corrected chi connectivity index (χ1v) is 35.3. The van der Waals surface area contributed by atoms with Crippen LogP contribution >= 0.6 is 0 Å². The van der Waals surface area contributed by atoms with Crippen LogP contribution in [0.25, 0.3) is 0 Å². The van der Waals surface area contributed by atoms with E-state index in [-0.39, 0.29) is 60.9 Å². The zero-order chi connectivity index (χ0) is 62.2. The van der Waals surface area contributed by atoms with Crippen LogP contribution in [0, 0.1) is 135 Å². The molecule has 0 amide bonds. The van der Waals surface area contributed by atoms with E-state index in [0.29, 0.717) is 111 Å². The first-order valence-electron chi connectivity index (χ1n) is 35.3. The minimum Gasteiger partial charge on any atom is -0.465 e. The number of aliphatic hydroxyl groups is 2. The van der Waals surface area contributed by atoms with Crippen molar-refractivity contribution < 1.29 is 96.6 Å². The number of fused-ring (bicyclic) bond motifs is 6. The lowest BCUT2D eigenvalue weighted by Crippen LogP contribution is -2.60. The fourth-order valence-corrected chi connectivity index (χ4v) is 24.9. The predicted molar refractivity (Wildman–Crippen MR) is 313 cm³/mol. The minimum atomic E-state index is -1.58. The molecule has 16 unspecified atom stereocenters. The molecule has 18 fully saturated rings. The van der Waals surface area contributed by atoms with Crippen molar-refractivity contribution in [1.82, 2.24) is 0 Å². The lowest BCUT2D eigenvalue weighted by Gasteiger charge is -2.61. The fraction of sp³-hybridized carbons (Fsp3) is 0.900. The Hall–Kier alpha value is -3.95. The van der Waals surface area contributed by atoms with Gasteiger partial charge in [-0.25, -0.2) is 14.5 Å². The Bertz CT molecular complexity index is 2730. The third-order valence-electron chi connectivity index (χ3n) is 28.3. The monoisotopic (exact) mass is 1260 g/mol. The van der Waals surface area contributed by atoms with Crippen molar-refractivity contribution in [2.45, 2.75) is 203 Å². The highest BCUT2D eigenvalue weighted by atomic mass is 17.1. The van der Waals surface area contributed by atoms with Crippen LogP contribution in [-0.2, 0) is 81.1 Å². The van der Waals surface area contributed by atoms with Gasteiger partial charge < -0.3 is 52.8 Å². The van der Waals surface area contributed by atoms with Crippen LogP contribution in [-0.4, -0.2) is 139 Å². The summed E-state index contributed by atoms with van der Waals surface area (Å²) in [5.41, 5.74) is -4.09. The van der Waals surface area contributed by atoms with Crippen LogP contribution in [0.1, 0.15) is 174 Å². The highest BCUT2D eigenvalue weighted by molar-refractivity contribution is 5.86. The number of hydrogen-bond acceptors (Lipinski definition) is 20. The van der Waals surface area contributed by atoms with Crippen molar-refractivity contribution >= 4 is 41.8 Å². The van der Waals surface area contributed by atoms with Gasteiger partial charge >= 0.3 is 41.8 Å². The van der Waals surface area contributed by atoms with Gasteiger partial charge in [0, 0.05) is 11.8 Å². The molecule has 0 spiro atoms. The van der Waals surface area contributed by atoms with Gasteiger partial charge in [0.15, 0.2) is 13.2 Å². The van der Waals surface area contributed by atoms with Crippen LogP contribution < -0.4 is 0 Å². The molecule has 18 aliphatic rings. The van der Waals surface area contributed by atoms with Gasteiger partial charge in [0.1, 0.15) is 43.9 Å². The Morgan fingerprint density at radius 2 is 0.900 bits per heavy atom. The third kappa shape index (κ3) is 11.0. The van der Waals surface area contributed by atoms with Gasteiger partial charge in [0.25, 0.3) is 0 Å². The Labute approximate surface area is 527 Å². The second-order valence-corrected chi connectivity index (χ2v) is 33.5. The lowest BCUT2D eigenvalue weighted by molar-refractivity contribution is -0.333. The van der Waals surface area contributed by atoms with Crippen LogP contribution in [0.3, 0.4) is 0 Å². The molecule has 16 atom stereocenters. The summed E-state index contributed by atoms with van der Waals surface area (Å²) in [6, 6.07) is 0. The molecule has 18 saturated carbocycles. The maximum atomic E-state index is 14.7. The molecule has 0 aliphatic heterocycles. The Balaban J connectivity index is 0.598. The van der Waals surface area contributed by atoms with Gasteiger partial charge in [-0.3, -0.25) is 29.2 Å². The molecule has 0 saturated heterocycles. The number of ether oxygens (including phenoxy) is 9. The molecule has 3 N–H and O–H groups in total. The van der Waals surface area contributed by atoms with Crippen LogP contribution in [0.5, 0.6) is 0 Å². The Morgan fingerprint density at radius 3 is 1.39 bits per heavy atom. The number of carbonyl (C=O) groups is 7. The van der Waals surface area contributed by atoms with E-state index in [9.17, 15) is 49.0 Å². The largest absolute Gasteiger partial charge is 0.465 e. The van der Waals surface area contributed by atoms with E-state index in [4.69, 9.17) is 47.5 Å². The molecule has 0 aromatic rings. The summed E-state index contributed by atoms with van der Waals surface area (Å²) in [5, 5.41) is 33.1. The van der Waals surface area contributed by atoms with Crippen LogP contribution in [0.4, 0.5) is 0 Å². The average Bonchev–Trinajstić information content (AvgIpc) is 1.24. The molecule has 20 nitrogen and oxygen atoms in total. The summed E-state index contributed by atoms with van der Waals surface area (Å²) in [4.78, 5) is 104. The summed E-state index contributed by atoms with van der Waals surface area (Å²) in [7, 11) is 0. The van der Waals surface area contributed by atoms with Crippen molar-refractivity contribution in [3.8, 4) is 0 Å². The van der Waals surface area contributed by atoms with Crippen molar-refractivity contribution in [2.24, 2.45) is 135 Å². The Morgan fingerprint density at radius 1 is 0.478 bits per heavy atom. The molecule has 20 heteroatoms. The molecule has 0 heterocycles. The second-order valence-electron chi connectivity index (χ2n) is 33.5. The zero-order valence-electron chi connectivity index (χ0n) is 52.9. The number of aliphatic hydroxyl groups excluding tert-OH is 1. The summed E-state index contributed by atoms with van der Waals surface area (Å²) in [5.74, 6) is -4.34. The van der Waals surface area contributed by atoms with Gasteiger partial charge in [0.2, 0.25) is 0 Å². The van der Waals surface area contributed by atoms with E-state index < -0.39 is 139 Å². The number of rotatable bonds is 25. The first-order chi connectivity index (χ1) is 43.2. The molecule has 18 rings (SSSR count). The molecular weight excluding hydrogens is 1160 g/mol. The average molecular weight is 1260 g/mol. The molecule has 18 aliphatic carbocycles. The zero-order valence-corrected chi connectivity index (χ0v) is 52.9. The lowest BCUT2D eigenvalue weighted by atomic mass is 9.44. The third-order valence-corrected chi connectivity index (χ3v) is 28.3. The Kier molecular flexibility index (Phi) is 16.4. The predicted octanol–water partition coefficient (Wildman–Crippen LogP) is 8.12. The van der Waals surface area contributed by atoms with Gasteiger partial charge in [-0.05, 0) is 256 Å². The quantitative estimate of drug-likeness (QED) is 0.0194. The summed E-state index contributed by atoms with van der Waals surface area (Å²) >= 11 is 0.